The first-order chi connectivity index (χ1) is 12.8. The van der Waals surface area contributed by atoms with Crippen LogP contribution in [0.5, 0.6) is 11.5 Å². The Labute approximate surface area is 163 Å². The first kappa shape index (κ1) is 20.9. The van der Waals surface area contributed by atoms with Gasteiger partial charge in [0.1, 0.15) is 6.54 Å². The van der Waals surface area contributed by atoms with Gasteiger partial charge in [0.05, 0.1) is 31.4 Å². The van der Waals surface area contributed by atoms with Gasteiger partial charge in [0.2, 0.25) is 0 Å². The van der Waals surface area contributed by atoms with Crippen LogP contribution in [0.15, 0.2) is 47.4 Å². The molecule has 7 nitrogen and oxygen atoms in total. The van der Waals surface area contributed by atoms with E-state index in [-0.39, 0.29) is 22.9 Å². The standard InChI is InChI=1S/C18H20ClNO6S/c1-4-26-18(21)12-20(14-7-5-6-13(19)10-14)27(22,23)15-8-9-16(24-2)17(11-15)25-3/h5-11H,4,12H2,1-3H3. The van der Waals surface area contributed by atoms with Crippen LogP contribution in [-0.2, 0) is 19.6 Å². The predicted octanol–water partition coefficient (Wildman–Crippen LogP) is 3.12. The summed E-state index contributed by atoms with van der Waals surface area (Å²) in [5, 5.41) is 0.337. The fourth-order valence-corrected chi connectivity index (χ4v) is 3.98. The lowest BCUT2D eigenvalue weighted by Crippen LogP contribution is -2.36. The van der Waals surface area contributed by atoms with Crippen molar-refractivity contribution in [1.29, 1.82) is 0 Å². The highest BCUT2D eigenvalue weighted by Gasteiger charge is 2.29. The number of nitrogens with zero attached hydrogens (tertiary/aromatic N) is 1. The summed E-state index contributed by atoms with van der Waals surface area (Å²) in [7, 11) is -1.25. The molecule has 2 aromatic carbocycles. The molecule has 0 aliphatic heterocycles. The molecule has 2 aromatic rings. The van der Waals surface area contributed by atoms with Crippen LogP contribution in [0.1, 0.15) is 6.92 Å². The Bertz CT molecular complexity index is 916. The number of halogens is 1. The molecule has 0 aromatic heterocycles. The van der Waals surface area contributed by atoms with E-state index < -0.39 is 22.5 Å². The lowest BCUT2D eigenvalue weighted by atomic mass is 10.3. The van der Waals surface area contributed by atoms with Gasteiger partial charge >= 0.3 is 5.97 Å². The highest BCUT2D eigenvalue weighted by atomic mass is 35.5. The predicted molar refractivity (Wildman–Crippen MR) is 102 cm³/mol. The molecule has 146 valence electrons. The Morgan fingerprint density at radius 1 is 1.07 bits per heavy atom. The van der Waals surface area contributed by atoms with Crippen LogP contribution < -0.4 is 13.8 Å². The quantitative estimate of drug-likeness (QED) is 0.618. The zero-order chi connectivity index (χ0) is 20.0. The Morgan fingerprint density at radius 3 is 2.37 bits per heavy atom. The largest absolute Gasteiger partial charge is 0.493 e. The lowest BCUT2D eigenvalue weighted by Gasteiger charge is -2.24. The van der Waals surface area contributed by atoms with Crippen LogP contribution in [0.3, 0.4) is 0 Å². The molecule has 0 saturated carbocycles. The second-order valence-corrected chi connectivity index (χ2v) is 7.61. The molecule has 0 unspecified atom stereocenters. The van der Waals surface area contributed by atoms with Gasteiger partial charge in [0.15, 0.2) is 11.5 Å². The number of hydrogen-bond acceptors (Lipinski definition) is 6. The third kappa shape index (κ3) is 4.84. The third-order valence-corrected chi connectivity index (χ3v) is 5.62. The molecule has 0 aliphatic rings. The van der Waals surface area contributed by atoms with Crippen molar-refractivity contribution in [3.05, 3.63) is 47.5 Å². The third-order valence-electron chi connectivity index (χ3n) is 3.62. The summed E-state index contributed by atoms with van der Waals surface area (Å²) in [5.41, 5.74) is 0.241. The molecule has 0 saturated heterocycles. The molecule has 0 heterocycles. The van der Waals surface area contributed by atoms with Crippen molar-refractivity contribution < 1.29 is 27.4 Å². The Kier molecular flexibility index (Phi) is 6.92. The highest BCUT2D eigenvalue weighted by Crippen LogP contribution is 2.32. The number of rotatable bonds is 8. The maximum atomic E-state index is 13.2. The molecule has 9 heteroatoms. The van der Waals surface area contributed by atoms with Crippen molar-refractivity contribution in [3.8, 4) is 11.5 Å². The number of anilines is 1. The Hall–Kier alpha value is -2.45. The summed E-state index contributed by atoms with van der Waals surface area (Å²) in [6.45, 7) is 1.29. The number of esters is 1. The minimum Gasteiger partial charge on any atom is -0.493 e. The van der Waals surface area contributed by atoms with Crippen LogP contribution in [0.2, 0.25) is 5.02 Å². The van der Waals surface area contributed by atoms with Crippen molar-refractivity contribution in [3.63, 3.8) is 0 Å². The molecule has 2 rings (SSSR count). The summed E-state index contributed by atoms with van der Waals surface area (Å²) in [6, 6.07) is 10.4. The van der Waals surface area contributed by atoms with Gasteiger partial charge < -0.3 is 14.2 Å². The zero-order valence-electron chi connectivity index (χ0n) is 15.1. The summed E-state index contributed by atoms with van der Waals surface area (Å²) in [4.78, 5) is 11.9. The minimum atomic E-state index is -4.10. The molecule has 0 fully saturated rings. The molecule has 0 atom stereocenters. The van der Waals surface area contributed by atoms with E-state index in [1.54, 1.807) is 25.1 Å². The second-order valence-electron chi connectivity index (χ2n) is 5.31. The normalized spacial score (nSPS) is 11.0. The minimum absolute atomic E-state index is 0.0653. The lowest BCUT2D eigenvalue weighted by molar-refractivity contribution is -0.141. The number of benzene rings is 2. The van der Waals surface area contributed by atoms with Crippen molar-refractivity contribution in [2.24, 2.45) is 0 Å². The van der Waals surface area contributed by atoms with E-state index in [2.05, 4.69) is 0 Å². The van der Waals surface area contributed by atoms with E-state index in [4.69, 9.17) is 25.8 Å². The molecule has 0 spiro atoms. The Morgan fingerprint density at radius 2 is 1.78 bits per heavy atom. The Balaban J connectivity index is 2.54. The number of hydrogen-bond donors (Lipinski definition) is 0. The van der Waals surface area contributed by atoms with Gasteiger partial charge in [-0.05, 0) is 37.3 Å². The number of carbonyl (C=O) groups is 1. The van der Waals surface area contributed by atoms with Gasteiger partial charge in [-0.1, -0.05) is 17.7 Å². The fraction of sp³-hybridized carbons (Fsp3) is 0.278. The first-order valence-electron chi connectivity index (χ1n) is 7.99. The second kappa shape index (κ2) is 8.96. The van der Waals surface area contributed by atoms with Gasteiger partial charge in [-0.3, -0.25) is 9.10 Å². The van der Waals surface area contributed by atoms with Crippen LogP contribution in [0.25, 0.3) is 0 Å². The number of ether oxygens (including phenoxy) is 3. The molecule has 27 heavy (non-hydrogen) atoms. The monoisotopic (exact) mass is 413 g/mol. The van der Waals surface area contributed by atoms with E-state index in [0.29, 0.717) is 10.8 Å². The van der Waals surface area contributed by atoms with Crippen LogP contribution >= 0.6 is 11.6 Å². The maximum absolute atomic E-state index is 13.2. The maximum Gasteiger partial charge on any atom is 0.326 e. The van der Waals surface area contributed by atoms with Gasteiger partial charge in [0, 0.05) is 11.1 Å². The van der Waals surface area contributed by atoms with Gasteiger partial charge in [-0.15, -0.1) is 0 Å². The highest BCUT2D eigenvalue weighted by molar-refractivity contribution is 7.92. The summed E-state index contributed by atoms with van der Waals surface area (Å²) in [5.74, 6) is -0.0431. The van der Waals surface area contributed by atoms with Gasteiger partial charge in [-0.2, -0.15) is 0 Å². The van der Waals surface area contributed by atoms with Crippen LogP contribution in [0.4, 0.5) is 5.69 Å². The van der Waals surface area contributed by atoms with Gasteiger partial charge in [0.25, 0.3) is 10.0 Å². The van der Waals surface area contributed by atoms with Crippen molar-refractivity contribution in [2.45, 2.75) is 11.8 Å². The van der Waals surface area contributed by atoms with Crippen LogP contribution in [-0.4, -0.2) is 41.8 Å². The molecular formula is C18H20ClNO6S. The van der Waals surface area contributed by atoms with E-state index in [9.17, 15) is 13.2 Å². The van der Waals surface area contributed by atoms with Crippen molar-refractivity contribution >= 4 is 33.3 Å². The average Bonchev–Trinajstić information content (AvgIpc) is 2.65. The molecule has 0 bridgehead atoms. The summed E-state index contributed by atoms with van der Waals surface area (Å²) >= 11 is 6.00. The zero-order valence-corrected chi connectivity index (χ0v) is 16.7. The average molecular weight is 414 g/mol. The molecule has 0 amide bonds. The number of methoxy groups -OCH3 is 2. The molecule has 0 aliphatic carbocycles. The molecule has 0 radical (unpaired) electrons. The van der Waals surface area contributed by atoms with E-state index in [0.717, 1.165) is 4.31 Å². The fourth-order valence-electron chi connectivity index (χ4n) is 2.37. The molecule has 0 N–H and O–H groups in total. The molecular weight excluding hydrogens is 394 g/mol. The first-order valence-corrected chi connectivity index (χ1v) is 9.81. The smallest absolute Gasteiger partial charge is 0.326 e. The van der Waals surface area contributed by atoms with E-state index in [1.807, 2.05) is 0 Å². The van der Waals surface area contributed by atoms with Crippen molar-refractivity contribution in [2.75, 3.05) is 31.7 Å². The summed E-state index contributed by atoms with van der Waals surface area (Å²) < 4.78 is 42.6. The topological polar surface area (TPSA) is 82.1 Å². The number of carbonyl (C=O) groups excluding carboxylic acids is 1. The number of sulfonamides is 1. The van der Waals surface area contributed by atoms with E-state index in [1.165, 1.54) is 38.5 Å². The summed E-state index contributed by atoms with van der Waals surface area (Å²) in [6.07, 6.45) is 0. The van der Waals surface area contributed by atoms with Gasteiger partial charge in [-0.25, -0.2) is 8.42 Å². The van der Waals surface area contributed by atoms with Crippen molar-refractivity contribution in [1.82, 2.24) is 0 Å². The van der Waals surface area contributed by atoms with E-state index >= 15 is 0 Å². The van der Waals surface area contributed by atoms with Crippen LogP contribution in [0, 0.1) is 0 Å². The SMILES string of the molecule is CCOC(=O)CN(c1cccc(Cl)c1)S(=O)(=O)c1ccc(OC)c(OC)c1.